The highest BCUT2D eigenvalue weighted by Crippen LogP contribution is 2.23. The summed E-state index contributed by atoms with van der Waals surface area (Å²) in [6.45, 7) is 4.77. The van der Waals surface area contributed by atoms with E-state index in [9.17, 15) is 0 Å². The normalized spacial score (nSPS) is 10.7. The van der Waals surface area contributed by atoms with Gasteiger partial charge >= 0.3 is 0 Å². The van der Waals surface area contributed by atoms with Crippen molar-refractivity contribution < 1.29 is 4.74 Å². The number of halogens is 1. The zero-order valence-electron chi connectivity index (χ0n) is 11.7. The number of hydrogen-bond acceptors (Lipinski definition) is 3. The highest BCUT2D eigenvalue weighted by Gasteiger charge is 2.05. The fraction of sp³-hybridized carbons (Fsp3) is 0.375. The second kappa shape index (κ2) is 8.45. The molecule has 0 bridgehead atoms. The number of thiophene rings is 1. The third-order valence-corrected chi connectivity index (χ3v) is 4.22. The van der Waals surface area contributed by atoms with Crippen LogP contribution in [0.15, 0.2) is 39.5 Å². The van der Waals surface area contributed by atoms with Gasteiger partial charge < -0.3 is 10.1 Å². The molecule has 2 rings (SSSR count). The summed E-state index contributed by atoms with van der Waals surface area (Å²) in [6, 6.07) is 8.35. The van der Waals surface area contributed by atoms with E-state index in [1.165, 1.54) is 11.1 Å². The van der Waals surface area contributed by atoms with Gasteiger partial charge in [-0.05, 0) is 53.6 Å². The topological polar surface area (TPSA) is 21.3 Å². The second-order valence-corrected chi connectivity index (χ2v) is 6.35. The molecule has 0 amide bonds. The molecular formula is C16H20BrNOS. The molecule has 0 aliphatic carbocycles. The molecule has 20 heavy (non-hydrogen) atoms. The van der Waals surface area contributed by atoms with Gasteiger partial charge in [0, 0.05) is 23.0 Å². The predicted molar refractivity (Wildman–Crippen MR) is 89.7 cm³/mol. The molecule has 2 aromatic rings. The summed E-state index contributed by atoms with van der Waals surface area (Å²) in [5.74, 6) is 0.979. The molecule has 2 nitrogen and oxygen atoms in total. The Kier molecular flexibility index (Phi) is 6.57. The minimum atomic E-state index is 0.721. The van der Waals surface area contributed by atoms with Gasteiger partial charge in [0.2, 0.25) is 0 Å². The van der Waals surface area contributed by atoms with E-state index in [0.29, 0.717) is 0 Å². The molecule has 4 heteroatoms. The zero-order chi connectivity index (χ0) is 14.2. The van der Waals surface area contributed by atoms with Gasteiger partial charge in [-0.2, -0.15) is 11.3 Å². The predicted octanol–water partition coefficient (Wildman–Crippen LogP) is 4.63. The molecule has 1 N–H and O–H groups in total. The van der Waals surface area contributed by atoms with Crippen LogP contribution in [-0.2, 0) is 13.0 Å². The first-order valence-corrected chi connectivity index (χ1v) is 8.66. The summed E-state index contributed by atoms with van der Waals surface area (Å²) in [5, 5.41) is 7.71. The van der Waals surface area contributed by atoms with Crippen molar-refractivity contribution >= 4 is 27.3 Å². The van der Waals surface area contributed by atoms with Gasteiger partial charge in [0.1, 0.15) is 5.75 Å². The highest BCUT2D eigenvalue weighted by molar-refractivity contribution is 9.10. The Morgan fingerprint density at radius 1 is 1.30 bits per heavy atom. The number of ether oxygens (including phenoxy) is 1. The van der Waals surface area contributed by atoms with Gasteiger partial charge in [0.05, 0.1) is 6.61 Å². The molecule has 0 radical (unpaired) electrons. The van der Waals surface area contributed by atoms with E-state index < -0.39 is 0 Å². The molecule has 0 unspecified atom stereocenters. The minimum absolute atomic E-state index is 0.721. The number of nitrogens with one attached hydrogen (secondary N) is 1. The zero-order valence-corrected chi connectivity index (χ0v) is 14.1. The van der Waals surface area contributed by atoms with E-state index in [1.54, 1.807) is 11.3 Å². The van der Waals surface area contributed by atoms with Crippen LogP contribution in [0.2, 0.25) is 0 Å². The first-order valence-electron chi connectivity index (χ1n) is 6.92. The molecule has 1 aromatic heterocycles. The van der Waals surface area contributed by atoms with Crippen molar-refractivity contribution in [3.05, 3.63) is 50.6 Å². The molecule has 0 aliphatic rings. The number of hydrogen-bond donors (Lipinski definition) is 1. The maximum absolute atomic E-state index is 5.94. The van der Waals surface area contributed by atoms with Crippen molar-refractivity contribution in [3.63, 3.8) is 0 Å². The van der Waals surface area contributed by atoms with Gasteiger partial charge in [-0.15, -0.1) is 0 Å². The van der Waals surface area contributed by atoms with Crippen molar-refractivity contribution in [1.82, 2.24) is 5.32 Å². The molecule has 0 spiro atoms. The van der Waals surface area contributed by atoms with Crippen molar-refractivity contribution in [2.75, 3.05) is 13.2 Å². The average Bonchev–Trinajstić information content (AvgIpc) is 2.95. The van der Waals surface area contributed by atoms with Crippen LogP contribution < -0.4 is 10.1 Å². The van der Waals surface area contributed by atoms with Crippen LogP contribution in [0.3, 0.4) is 0 Å². The second-order valence-electron chi connectivity index (χ2n) is 4.66. The van der Waals surface area contributed by atoms with Gasteiger partial charge in [0.25, 0.3) is 0 Å². The molecule has 0 saturated heterocycles. The maximum Gasteiger partial charge on any atom is 0.123 e. The number of benzene rings is 1. The fourth-order valence-corrected chi connectivity index (χ4v) is 3.05. The van der Waals surface area contributed by atoms with Crippen LogP contribution in [0.4, 0.5) is 0 Å². The smallest absolute Gasteiger partial charge is 0.123 e. The molecule has 0 atom stereocenters. The van der Waals surface area contributed by atoms with Gasteiger partial charge in [-0.25, -0.2) is 0 Å². The Balaban J connectivity index is 1.91. The SMILES string of the molecule is CCCNCc1cc(Br)ccc1OCCc1ccsc1. The maximum atomic E-state index is 5.94. The fourth-order valence-electron chi connectivity index (χ4n) is 1.94. The van der Waals surface area contributed by atoms with E-state index in [1.807, 2.05) is 12.1 Å². The lowest BCUT2D eigenvalue weighted by atomic mass is 10.2. The lowest BCUT2D eigenvalue weighted by molar-refractivity contribution is 0.318. The van der Waals surface area contributed by atoms with Crippen LogP contribution in [0, 0.1) is 0 Å². The van der Waals surface area contributed by atoms with Crippen LogP contribution in [0.1, 0.15) is 24.5 Å². The summed E-state index contributed by atoms with van der Waals surface area (Å²) in [6.07, 6.45) is 2.10. The summed E-state index contributed by atoms with van der Waals surface area (Å²) in [5.41, 5.74) is 2.55. The van der Waals surface area contributed by atoms with Crippen molar-refractivity contribution in [2.24, 2.45) is 0 Å². The summed E-state index contributed by atoms with van der Waals surface area (Å²) in [4.78, 5) is 0. The van der Waals surface area contributed by atoms with E-state index in [2.05, 4.69) is 51.1 Å². The summed E-state index contributed by atoms with van der Waals surface area (Å²) in [7, 11) is 0. The van der Waals surface area contributed by atoms with Gasteiger partial charge in [-0.3, -0.25) is 0 Å². The monoisotopic (exact) mass is 353 g/mol. The standard InChI is InChI=1S/C16H20BrNOS/c1-2-7-18-11-14-10-15(17)3-4-16(14)19-8-5-13-6-9-20-12-13/h3-4,6,9-10,12,18H,2,5,7-8,11H2,1H3. The van der Waals surface area contributed by atoms with Gasteiger partial charge in [-0.1, -0.05) is 22.9 Å². The third-order valence-electron chi connectivity index (χ3n) is 2.99. The van der Waals surface area contributed by atoms with Crippen LogP contribution >= 0.6 is 27.3 Å². The van der Waals surface area contributed by atoms with Crippen molar-refractivity contribution in [2.45, 2.75) is 26.3 Å². The molecule has 108 valence electrons. The molecule has 0 saturated carbocycles. The third kappa shape index (κ3) is 4.93. The molecule has 1 heterocycles. The molecule has 1 aromatic carbocycles. The Hall–Kier alpha value is -0.840. The van der Waals surface area contributed by atoms with E-state index in [4.69, 9.17) is 4.74 Å². The van der Waals surface area contributed by atoms with Gasteiger partial charge in [0.15, 0.2) is 0 Å². The lowest BCUT2D eigenvalue weighted by Crippen LogP contribution is -2.15. The first kappa shape index (κ1) is 15.5. The number of rotatable bonds is 8. The summed E-state index contributed by atoms with van der Waals surface area (Å²) < 4.78 is 7.03. The Morgan fingerprint density at radius 2 is 2.20 bits per heavy atom. The molecule has 0 fully saturated rings. The van der Waals surface area contributed by atoms with Crippen LogP contribution in [0.25, 0.3) is 0 Å². The minimum Gasteiger partial charge on any atom is -0.493 e. The Morgan fingerprint density at radius 3 is 2.95 bits per heavy atom. The van der Waals surface area contributed by atoms with E-state index >= 15 is 0 Å². The van der Waals surface area contributed by atoms with E-state index in [0.717, 1.165) is 42.8 Å². The van der Waals surface area contributed by atoms with Crippen molar-refractivity contribution in [3.8, 4) is 5.75 Å². The van der Waals surface area contributed by atoms with Crippen LogP contribution in [-0.4, -0.2) is 13.2 Å². The summed E-state index contributed by atoms with van der Waals surface area (Å²) >= 11 is 5.26. The van der Waals surface area contributed by atoms with E-state index in [-0.39, 0.29) is 0 Å². The quantitative estimate of drug-likeness (QED) is 0.698. The lowest BCUT2D eigenvalue weighted by Gasteiger charge is -2.12. The largest absolute Gasteiger partial charge is 0.493 e. The molecular weight excluding hydrogens is 334 g/mol. The molecule has 0 aliphatic heterocycles. The average molecular weight is 354 g/mol. The highest BCUT2D eigenvalue weighted by atomic mass is 79.9. The van der Waals surface area contributed by atoms with Crippen LogP contribution in [0.5, 0.6) is 5.75 Å². The Labute approximate surface area is 133 Å². The Bertz CT molecular complexity index is 513. The first-order chi connectivity index (χ1) is 9.79. The van der Waals surface area contributed by atoms with Crippen molar-refractivity contribution in [1.29, 1.82) is 0 Å².